The van der Waals surface area contributed by atoms with Crippen LogP contribution in [0.2, 0.25) is 0 Å². The number of hydrogen-bond donors (Lipinski definition) is 1. The van der Waals surface area contributed by atoms with Crippen molar-refractivity contribution in [3.63, 3.8) is 0 Å². The van der Waals surface area contributed by atoms with Crippen molar-refractivity contribution in [1.29, 1.82) is 0 Å². The third-order valence-electron chi connectivity index (χ3n) is 3.54. The zero-order chi connectivity index (χ0) is 12.3. The number of nitrogens with zero attached hydrogens (tertiary/aromatic N) is 3. The van der Waals surface area contributed by atoms with Gasteiger partial charge in [-0.15, -0.1) is 0 Å². The molecule has 1 atom stereocenters. The van der Waals surface area contributed by atoms with E-state index < -0.39 is 0 Å². The SMILES string of the molecule is Cc1nc(N2CCCC(C)CC2)ncc1CO. The Kier molecular flexibility index (Phi) is 3.94. The van der Waals surface area contributed by atoms with Crippen LogP contribution in [0.1, 0.15) is 37.4 Å². The Morgan fingerprint density at radius 1 is 1.41 bits per heavy atom. The molecule has 0 aromatic carbocycles. The summed E-state index contributed by atoms with van der Waals surface area (Å²) in [5.41, 5.74) is 1.70. The lowest BCUT2D eigenvalue weighted by molar-refractivity contribution is 0.280. The number of anilines is 1. The molecule has 1 unspecified atom stereocenters. The monoisotopic (exact) mass is 235 g/mol. The predicted molar refractivity (Wildman–Crippen MR) is 67.9 cm³/mol. The lowest BCUT2D eigenvalue weighted by Crippen LogP contribution is -2.26. The molecule has 0 aliphatic carbocycles. The number of hydrogen-bond acceptors (Lipinski definition) is 4. The number of aliphatic hydroxyl groups excluding tert-OH is 1. The first-order valence-electron chi connectivity index (χ1n) is 6.39. The Balaban J connectivity index is 2.13. The Morgan fingerprint density at radius 2 is 2.24 bits per heavy atom. The molecule has 1 fully saturated rings. The minimum atomic E-state index is 0.0170. The number of aromatic nitrogens is 2. The van der Waals surface area contributed by atoms with Gasteiger partial charge < -0.3 is 10.0 Å². The first-order chi connectivity index (χ1) is 8.20. The van der Waals surface area contributed by atoms with Crippen molar-refractivity contribution in [2.75, 3.05) is 18.0 Å². The van der Waals surface area contributed by atoms with Crippen molar-refractivity contribution in [1.82, 2.24) is 9.97 Å². The molecule has 2 heterocycles. The summed E-state index contributed by atoms with van der Waals surface area (Å²) < 4.78 is 0. The fourth-order valence-electron chi connectivity index (χ4n) is 2.25. The summed E-state index contributed by atoms with van der Waals surface area (Å²) in [6, 6.07) is 0. The van der Waals surface area contributed by atoms with Crippen LogP contribution < -0.4 is 4.90 Å². The van der Waals surface area contributed by atoms with Crippen molar-refractivity contribution < 1.29 is 5.11 Å². The fourth-order valence-corrected chi connectivity index (χ4v) is 2.25. The van der Waals surface area contributed by atoms with Gasteiger partial charge in [0.05, 0.1) is 6.61 Å². The molecule has 1 saturated heterocycles. The van der Waals surface area contributed by atoms with Gasteiger partial charge in [0.25, 0.3) is 0 Å². The second-order valence-electron chi connectivity index (χ2n) is 4.96. The molecule has 0 radical (unpaired) electrons. The first kappa shape index (κ1) is 12.3. The van der Waals surface area contributed by atoms with Crippen molar-refractivity contribution >= 4 is 5.95 Å². The zero-order valence-corrected chi connectivity index (χ0v) is 10.7. The van der Waals surface area contributed by atoms with E-state index in [0.717, 1.165) is 36.2 Å². The highest BCUT2D eigenvalue weighted by molar-refractivity contribution is 5.32. The number of aliphatic hydroxyl groups is 1. The second-order valence-corrected chi connectivity index (χ2v) is 4.96. The molecule has 1 aliphatic rings. The zero-order valence-electron chi connectivity index (χ0n) is 10.7. The highest BCUT2D eigenvalue weighted by Gasteiger charge is 2.16. The summed E-state index contributed by atoms with van der Waals surface area (Å²) in [6.45, 7) is 6.34. The topological polar surface area (TPSA) is 49.2 Å². The van der Waals surface area contributed by atoms with Crippen LogP contribution in [0.4, 0.5) is 5.95 Å². The van der Waals surface area contributed by atoms with Gasteiger partial charge in [-0.05, 0) is 32.1 Å². The standard InChI is InChI=1S/C13H21N3O/c1-10-4-3-6-16(7-5-10)13-14-8-12(9-17)11(2)15-13/h8,10,17H,3-7,9H2,1-2H3. The van der Waals surface area contributed by atoms with Gasteiger partial charge in [0, 0.05) is 30.5 Å². The van der Waals surface area contributed by atoms with Gasteiger partial charge in [0.2, 0.25) is 5.95 Å². The van der Waals surface area contributed by atoms with Crippen LogP contribution in [0.5, 0.6) is 0 Å². The summed E-state index contributed by atoms with van der Waals surface area (Å²) in [4.78, 5) is 11.1. The Morgan fingerprint density at radius 3 is 2.94 bits per heavy atom. The van der Waals surface area contributed by atoms with Crippen molar-refractivity contribution in [3.8, 4) is 0 Å². The van der Waals surface area contributed by atoms with E-state index in [1.165, 1.54) is 19.3 Å². The predicted octanol–water partition coefficient (Wildman–Crippen LogP) is 1.90. The van der Waals surface area contributed by atoms with Gasteiger partial charge in [-0.2, -0.15) is 0 Å². The van der Waals surface area contributed by atoms with Crippen LogP contribution in [0.3, 0.4) is 0 Å². The van der Waals surface area contributed by atoms with Crippen LogP contribution in [-0.4, -0.2) is 28.2 Å². The smallest absolute Gasteiger partial charge is 0.225 e. The molecule has 0 saturated carbocycles. The van der Waals surface area contributed by atoms with Gasteiger partial charge >= 0.3 is 0 Å². The molecule has 1 aromatic rings. The second kappa shape index (κ2) is 5.45. The maximum absolute atomic E-state index is 9.11. The van der Waals surface area contributed by atoms with Crippen LogP contribution in [0.25, 0.3) is 0 Å². The van der Waals surface area contributed by atoms with Crippen LogP contribution in [0.15, 0.2) is 6.20 Å². The number of aryl methyl sites for hydroxylation is 1. The van der Waals surface area contributed by atoms with Gasteiger partial charge in [0.1, 0.15) is 0 Å². The summed E-state index contributed by atoms with van der Waals surface area (Å²) in [7, 11) is 0. The minimum Gasteiger partial charge on any atom is -0.392 e. The van der Waals surface area contributed by atoms with Crippen LogP contribution >= 0.6 is 0 Å². The van der Waals surface area contributed by atoms with E-state index in [-0.39, 0.29) is 6.61 Å². The summed E-state index contributed by atoms with van der Waals surface area (Å²) >= 11 is 0. The summed E-state index contributed by atoms with van der Waals surface area (Å²) in [6.07, 6.45) is 5.46. The van der Waals surface area contributed by atoms with Crippen molar-refractivity contribution in [3.05, 3.63) is 17.5 Å². The third kappa shape index (κ3) is 2.94. The summed E-state index contributed by atoms with van der Waals surface area (Å²) in [5, 5.41) is 9.11. The molecule has 1 aromatic heterocycles. The maximum atomic E-state index is 9.11. The minimum absolute atomic E-state index is 0.0170. The summed E-state index contributed by atoms with van der Waals surface area (Å²) in [5.74, 6) is 1.62. The van der Waals surface area contributed by atoms with Gasteiger partial charge in [-0.1, -0.05) is 6.92 Å². The number of rotatable bonds is 2. The van der Waals surface area contributed by atoms with E-state index in [4.69, 9.17) is 5.11 Å². The Hall–Kier alpha value is -1.16. The van der Waals surface area contributed by atoms with Gasteiger partial charge in [-0.25, -0.2) is 9.97 Å². The highest BCUT2D eigenvalue weighted by atomic mass is 16.3. The third-order valence-corrected chi connectivity index (χ3v) is 3.54. The largest absolute Gasteiger partial charge is 0.392 e. The highest BCUT2D eigenvalue weighted by Crippen LogP contribution is 2.20. The molecule has 94 valence electrons. The van der Waals surface area contributed by atoms with Gasteiger partial charge in [0.15, 0.2) is 0 Å². The molecular weight excluding hydrogens is 214 g/mol. The molecular formula is C13H21N3O. The quantitative estimate of drug-likeness (QED) is 0.850. The lowest BCUT2D eigenvalue weighted by Gasteiger charge is -2.20. The Labute approximate surface area is 103 Å². The van der Waals surface area contributed by atoms with Crippen molar-refractivity contribution in [2.45, 2.75) is 39.7 Å². The molecule has 0 spiro atoms. The van der Waals surface area contributed by atoms with E-state index in [1.54, 1.807) is 6.20 Å². The van der Waals surface area contributed by atoms with E-state index in [1.807, 2.05) is 6.92 Å². The van der Waals surface area contributed by atoms with E-state index >= 15 is 0 Å². The van der Waals surface area contributed by atoms with Crippen molar-refractivity contribution in [2.24, 2.45) is 5.92 Å². The van der Waals surface area contributed by atoms with E-state index in [9.17, 15) is 0 Å². The molecule has 2 rings (SSSR count). The molecule has 0 amide bonds. The normalized spacial score (nSPS) is 21.4. The van der Waals surface area contributed by atoms with E-state index in [0.29, 0.717) is 0 Å². The van der Waals surface area contributed by atoms with E-state index in [2.05, 4.69) is 21.8 Å². The average molecular weight is 235 g/mol. The van der Waals surface area contributed by atoms with Gasteiger partial charge in [-0.3, -0.25) is 0 Å². The molecule has 4 heteroatoms. The van der Waals surface area contributed by atoms with Crippen LogP contribution in [-0.2, 0) is 6.61 Å². The van der Waals surface area contributed by atoms with Crippen LogP contribution in [0, 0.1) is 12.8 Å². The fraction of sp³-hybridized carbons (Fsp3) is 0.692. The first-order valence-corrected chi connectivity index (χ1v) is 6.39. The molecule has 17 heavy (non-hydrogen) atoms. The lowest BCUT2D eigenvalue weighted by atomic mass is 10.0. The Bertz CT molecular complexity index is 381. The maximum Gasteiger partial charge on any atom is 0.225 e. The molecule has 4 nitrogen and oxygen atoms in total. The molecule has 1 N–H and O–H groups in total. The molecule has 1 aliphatic heterocycles. The average Bonchev–Trinajstić information content (AvgIpc) is 2.54. The molecule has 0 bridgehead atoms.